The van der Waals surface area contributed by atoms with Gasteiger partial charge in [-0.2, -0.15) is 0 Å². The summed E-state index contributed by atoms with van der Waals surface area (Å²) >= 11 is 0. The van der Waals surface area contributed by atoms with Crippen LogP contribution in [0.4, 0.5) is 5.82 Å². The van der Waals surface area contributed by atoms with E-state index in [1.165, 1.54) is 0 Å². The number of aryl methyl sites for hydroxylation is 1. The van der Waals surface area contributed by atoms with Crippen molar-refractivity contribution < 1.29 is 14.3 Å². The Balaban J connectivity index is 1.57. The number of nitrogens with one attached hydrogen (secondary N) is 2. The van der Waals surface area contributed by atoms with Gasteiger partial charge in [-0.3, -0.25) is 9.59 Å². The minimum atomic E-state index is -0.431. The van der Waals surface area contributed by atoms with E-state index in [4.69, 9.17) is 4.74 Å². The molecule has 0 saturated carbocycles. The number of pyridine rings is 1. The molecule has 2 N–H and O–H groups in total. The van der Waals surface area contributed by atoms with Crippen molar-refractivity contribution in [2.24, 2.45) is 5.92 Å². The van der Waals surface area contributed by atoms with E-state index in [9.17, 15) is 9.59 Å². The fourth-order valence-corrected chi connectivity index (χ4v) is 3.09. The summed E-state index contributed by atoms with van der Waals surface area (Å²) < 4.78 is 5.53. The number of aromatic nitrogens is 1. The molecule has 0 aliphatic carbocycles. The third-order valence-electron chi connectivity index (χ3n) is 4.47. The van der Waals surface area contributed by atoms with Gasteiger partial charge >= 0.3 is 0 Å². The van der Waals surface area contributed by atoms with Gasteiger partial charge in [0, 0.05) is 32.4 Å². The number of ether oxygens (including phenoxy) is 1. The first-order chi connectivity index (χ1) is 11.6. The topological polar surface area (TPSA) is 83.6 Å². The number of nitrogens with zero attached hydrogens (tertiary/aromatic N) is 2. The average molecular weight is 332 g/mol. The average Bonchev–Trinajstić information content (AvgIpc) is 2.64. The molecule has 2 unspecified atom stereocenters. The van der Waals surface area contributed by atoms with Crippen LogP contribution in [0.2, 0.25) is 0 Å². The SMILES string of the molecule is Cc1ccc(NC(=O)C2CCCN(C(=O)C3CNCCO3)C2)nc1. The van der Waals surface area contributed by atoms with Crippen molar-refractivity contribution in [3.05, 3.63) is 23.9 Å². The lowest BCUT2D eigenvalue weighted by Gasteiger charge is -2.35. The molecule has 2 saturated heterocycles. The maximum atomic E-state index is 12.5. The second-order valence-electron chi connectivity index (χ2n) is 6.40. The molecular formula is C17H24N4O3. The summed E-state index contributed by atoms with van der Waals surface area (Å²) in [6, 6.07) is 3.70. The molecule has 1 aromatic rings. The molecule has 24 heavy (non-hydrogen) atoms. The smallest absolute Gasteiger partial charge is 0.253 e. The monoisotopic (exact) mass is 332 g/mol. The van der Waals surface area contributed by atoms with E-state index in [1.54, 1.807) is 17.2 Å². The fourth-order valence-electron chi connectivity index (χ4n) is 3.09. The van der Waals surface area contributed by atoms with Crippen LogP contribution < -0.4 is 10.6 Å². The van der Waals surface area contributed by atoms with Gasteiger partial charge in [-0.25, -0.2) is 4.98 Å². The lowest BCUT2D eigenvalue weighted by molar-refractivity contribution is -0.147. The quantitative estimate of drug-likeness (QED) is 0.845. The largest absolute Gasteiger partial charge is 0.366 e. The predicted octanol–water partition coefficient (Wildman–Crippen LogP) is 0.556. The molecule has 0 spiro atoms. The number of piperidine rings is 1. The van der Waals surface area contributed by atoms with E-state index in [1.807, 2.05) is 13.0 Å². The Morgan fingerprint density at radius 1 is 1.42 bits per heavy atom. The van der Waals surface area contributed by atoms with Crippen LogP contribution in [0.15, 0.2) is 18.3 Å². The second-order valence-corrected chi connectivity index (χ2v) is 6.40. The van der Waals surface area contributed by atoms with Crippen LogP contribution in [0.25, 0.3) is 0 Å². The molecule has 0 bridgehead atoms. The van der Waals surface area contributed by atoms with Crippen LogP contribution in [0, 0.1) is 12.8 Å². The number of amides is 2. The summed E-state index contributed by atoms with van der Waals surface area (Å²) in [5, 5.41) is 6.01. The van der Waals surface area contributed by atoms with Crippen LogP contribution in [0.5, 0.6) is 0 Å². The Bertz CT molecular complexity index is 584. The van der Waals surface area contributed by atoms with Gasteiger partial charge in [-0.15, -0.1) is 0 Å². The Morgan fingerprint density at radius 2 is 2.29 bits per heavy atom. The van der Waals surface area contributed by atoms with Crippen LogP contribution in [-0.4, -0.2) is 60.6 Å². The third kappa shape index (κ3) is 4.10. The van der Waals surface area contributed by atoms with Crippen molar-refractivity contribution in [3.63, 3.8) is 0 Å². The van der Waals surface area contributed by atoms with Gasteiger partial charge in [0.25, 0.3) is 5.91 Å². The van der Waals surface area contributed by atoms with Gasteiger partial charge < -0.3 is 20.3 Å². The zero-order valence-corrected chi connectivity index (χ0v) is 14.0. The molecule has 7 nitrogen and oxygen atoms in total. The highest BCUT2D eigenvalue weighted by atomic mass is 16.5. The lowest BCUT2D eigenvalue weighted by Crippen LogP contribution is -2.52. The van der Waals surface area contributed by atoms with E-state index in [2.05, 4.69) is 15.6 Å². The lowest BCUT2D eigenvalue weighted by atomic mass is 9.96. The van der Waals surface area contributed by atoms with Crippen molar-refractivity contribution >= 4 is 17.6 Å². The third-order valence-corrected chi connectivity index (χ3v) is 4.47. The highest BCUT2D eigenvalue weighted by molar-refractivity contribution is 5.92. The molecule has 2 aliphatic rings. The molecule has 2 aliphatic heterocycles. The zero-order chi connectivity index (χ0) is 16.9. The second kappa shape index (κ2) is 7.72. The van der Waals surface area contributed by atoms with Gasteiger partial charge in [0.2, 0.25) is 5.91 Å². The van der Waals surface area contributed by atoms with Gasteiger partial charge in [-0.1, -0.05) is 6.07 Å². The summed E-state index contributed by atoms with van der Waals surface area (Å²) in [5.41, 5.74) is 1.04. The molecule has 2 amide bonds. The zero-order valence-electron chi connectivity index (χ0n) is 14.0. The first kappa shape index (κ1) is 16.9. The number of likely N-dealkylation sites (tertiary alicyclic amines) is 1. The van der Waals surface area contributed by atoms with Crippen molar-refractivity contribution in [2.45, 2.75) is 25.9 Å². The normalized spacial score (nSPS) is 24.5. The molecular weight excluding hydrogens is 308 g/mol. The van der Waals surface area contributed by atoms with E-state index < -0.39 is 6.10 Å². The summed E-state index contributed by atoms with van der Waals surface area (Å²) in [6.07, 6.45) is 2.90. The molecule has 2 atom stereocenters. The number of rotatable bonds is 3. The molecule has 3 heterocycles. The molecule has 130 valence electrons. The number of carbonyl (C=O) groups is 2. The molecule has 1 aromatic heterocycles. The highest BCUT2D eigenvalue weighted by Crippen LogP contribution is 2.20. The summed E-state index contributed by atoms with van der Waals surface area (Å²) in [4.78, 5) is 31.0. The Morgan fingerprint density at radius 3 is 3.00 bits per heavy atom. The van der Waals surface area contributed by atoms with Gasteiger partial charge in [0.1, 0.15) is 11.9 Å². The van der Waals surface area contributed by atoms with E-state index in [-0.39, 0.29) is 17.7 Å². The van der Waals surface area contributed by atoms with Crippen LogP contribution in [0.3, 0.4) is 0 Å². The predicted molar refractivity (Wildman–Crippen MR) is 89.5 cm³/mol. The minimum Gasteiger partial charge on any atom is -0.366 e. The first-order valence-electron chi connectivity index (χ1n) is 8.48. The van der Waals surface area contributed by atoms with E-state index in [0.717, 1.165) is 24.9 Å². The van der Waals surface area contributed by atoms with Crippen molar-refractivity contribution in [1.82, 2.24) is 15.2 Å². The highest BCUT2D eigenvalue weighted by Gasteiger charge is 2.33. The number of hydrogen-bond donors (Lipinski definition) is 2. The maximum Gasteiger partial charge on any atom is 0.253 e. The molecule has 7 heteroatoms. The maximum absolute atomic E-state index is 12.5. The number of carbonyl (C=O) groups excluding carboxylic acids is 2. The van der Waals surface area contributed by atoms with Crippen LogP contribution in [-0.2, 0) is 14.3 Å². The van der Waals surface area contributed by atoms with Crippen LogP contribution >= 0.6 is 0 Å². The summed E-state index contributed by atoms with van der Waals surface area (Å²) in [6.45, 7) is 4.94. The summed E-state index contributed by atoms with van der Waals surface area (Å²) in [7, 11) is 0. The van der Waals surface area contributed by atoms with Gasteiger partial charge in [0.15, 0.2) is 0 Å². The van der Waals surface area contributed by atoms with Gasteiger partial charge in [0.05, 0.1) is 12.5 Å². The molecule has 0 aromatic carbocycles. The van der Waals surface area contributed by atoms with Crippen LogP contribution in [0.1, 0.15) is 18.4 Å². The number of morpholine rings is 1. The van der Waals surface area contributed by atoms with Gasteiger partial charge in [-0.05, 0) is 31.4 Å². The molecule has 0 radical (unpaired) electrons. The fraction of sp³-hybridized carbons (Fsp3) is 0.588. The van der Waals surface area contributed by atoms with Crippen molar-refractivity contribution in [1.29, 1.82) is 0 Å². The molecule has 3 rings (SSSR count). The van der Waals surface area contributed by atoms with Crippen molar-refractivity contribution in [3.8, 4) is 0 Å². The number of hydrogen-bond acceptors (Lipinski definition) is 5. The minimum absolute atomic E-state index is 0.0202. The van der Waals surface area contributed by atoms with E-state index in [0.29, 0.717) is 32.1 Å². The number of anilines is 1. The Labute approximate surface area is 141 Å². The molecule has 2 fully saturated rings. The standard InChI is InChI=1S/C17H24N4O3/c1-12-4-5-15(19-9-12)20-16(22)13-3-2-7-21(11-13)17(23)14-10-18-6-8-24-14/h4-5,9,13-14,18H,2-3,6-8,10-11H2,1H3,(H,19,20,22). The Hall–Kier alpha value is -1.99. The Kier molecular flexibility index (Phi) is 5.42. The summed E-state index contributed by atoms with van der Waals surface area (Å²) in [5.74, 6) is 0.246. The van der Waals surface area contributed by atoms with Crippen molar-refractivity contribution in [2.75, 3.05) is 38.1 Å². The first-order valence-corrected chi connectivity index (χ1v) is 8.48. The van der Waals surface area contributed by atoms with E-state index >= 15 is 0 Å².